The molecule has 5 nitrogen and oxygen atoms in total. The molecule has 5 heteroatoms. The van der Waals surface area contributed by atoms with Gasteiger partial charge in [0, 0.05) is 31.8 Å². The normalized spacial score (nSPS) is 39.6. The van der Waals surface area contributed by atoms with Crippen molar-refractivity contribution in [1.82, 2.24) is 10.2 Å². The minimum absolute atomic E-state index is 0.00461. The lowest BCUT2D eigenvalue weighted by atomic mass is 9.54. The van der Waals surface area contributed by atoms with E-state index in [0.29, 0.717) is 30.7 Å². The molecule has 0 spiro atoms. The fourth-order valence-electron chi connectivity index (χ4n) is 5.50. The number of hydrogen-bond acceptors (Lipinski definition) is 3. The summed E-state index contributed by atoms with van der Waals surface area (Å²) in [6.45, 7) is 0.247. The number of nitrogens with one attached hydrogen (secondary N) is 1. The van der Waals surface area contributed by atoms with Crippen molar-refractivity contribution in [2.24, 2.45) is 23.7 Å². The van der Waals surface area contributed by atoms with Crippen LogP contribution in [0.4, 0.5) is 0 Å². The molecule has 0 radical (unpaired) electrons. The molecule has 1 N–H and O–H groups in total. The molecule has 1 heterocycles. The molecule has 0 aromatic heterocycles. The Morgan fingerprint density at radius 3 is 2.05 bits per heavy atom. The highest BCUT2D eigenvalue weighted by Crippen LogP contribution is 2.53. The van der Waals surface area contributed by atoms with Crippen molar-refractivity contribution >= 4 is 17.7 Å². The molecule has 0 aromatic carbocycles. The number of hydrogen-bond donors (Lipinski definition) is 1. The summed E-state index contributed by atoms with van der Waals surface area (Å²) in [5, 5.41) is 3.23. The van der Waals surface area contributed by atoms with E-state index < -0.39 is 0 Å². The Balaban J connectivity index is 1.31. The Labute approximate surface area is 130 Å². The van der Waals surface area contributed by atoms with Gasteiger partial charge in [0.2, 0.25) is 17.7 Å². The second kappa shape index (κ2) is 5.36. The Bertz CT molecular complexity index is 472. The minimum Gasteiger partial charge on any atom is -0.353 e. The molecule has 0 aromatic rings. The predicted octanol–water partition coefficient (Wildman–Crippen LogP) is 1.47. The van der Waals surface area contributed by atoms with E-state index >= 15 is 0 Å². The number of rotatable bonds is 4. The van der Waals surface area contributed by atoms with Crippen molar-refractivity contribution in [2.75, 3.05) is 6.54 Å². The standard InChI is InChI=1S/C17H24N2O3/c20-14(3-4-19-15(21)1-2-16(19)22)18-17-12-6-10-5-11(8-12)9-13(17)7-10/h10-13,17H,1-9H2,(H,18,20). The van der Waals surface area contributed by atoms with Gasteiger partial charge in [-0.2, -0.15) is 0 Å². The summed E-state index contributed by atoms with van der Waals surface area (Å²) in [5.41, 5.74) is 0. The largest absolute Gasteiger partial charge is 0.353 e. The summed E-state index contributed by atoms with van der Waals surface area (Å²) in [6, 6.07) is 0.338. The lowest BCUT2D eigenvalue weighted by Gasteiger charge is -2.54. The zero-order valence-electron chi connectivity index (χ0n) is 12.9. The monoisotopic (exact) mass is 304 g/mol. The van der Waals surface area contributed by atoms with Crippen LogP contribution >= 0.6 is 0 Å². The average Bonchev–Trinajstić information content (AvgIpc) is 2.79. The molecule has 0 atom stereocenters. The van der Waals surface area contributed by atoms with E-state index in [2.05, 4.69) is 5.32 Å². The van der Waals surface area contributed by atoms with Crippen LogP contribution in [-0.4, -0.2) is 35.2 Å². The van der Waals surface area contributed by atoms with E-state index in [-0.39, 0.29) is 30.7 Å². The van der Waals surface area contributed by atoms with E-state index in [9.17, 15) is 14.4 Å². The van der Waals surface area contributed by atoms with Gasteiger partial charge in [0.05, 0.1) is 0 Å². The maximum atomic E-state index is 12.2. The zero-order chi connectivity index (χ0) is 15.3. The van der Waals surface area contributed by atoms with Crippen LogP contribution in [0.3, 0.4) is 0 Å². The minimum atomic E-state index is -0.132. The Kier molecular flexibility index (Phi) is 3.46. The zero-order valence-corrected chi connectivity index (χ0v) is 12.9. The smallest absolute Gasteiger partial charge is 0.229 e. The molecule has 4 aliphatic carbocycles. The number of nitrogens with zero attached hydrogens (tertiary/aromatic N) is 1. The molecular formula is C17H24N2O3. The van der Waals surface area contributed by atoms with Gasteiger partial charge < -0.3 is 5.32 Å². The van der Waals surface area contributed by atoms with Crippen molar-refractivity contribution in [1.29, 1.82) is 0 Å². The fraction of sp³-hybridized carbons (Fsp3) is 0.824. The van der Waals surface area contributed by atoms with Crippen molar-refractivity contribution in [3.8, 4) is 0 Å². The molecule has 5 aliphatic rings. The van der Waals surface area contributed by atoms with Crippen LogP contribution in [0.15, 0.2) is 0 Å². The van der Waals surface area contributed by atoms with E-state index in [4.69, 9.17) is 0 Å². The highest BCUT2D eigenvalue weighted by Gasteiger charge is 2.48. The van der Waals surface area contributed by atoms with E-state index in [1.807, 2.05) is 0 Å². The summed E-state index contributed by atoms with van der Waals surface area (Å²) in [7, 11) is 0. The van der Waals surface area contributed by atoms with Crippen LogP contribution in [0.2, 0.25) is 0 Å². The van der Waals surface area contributed by atoms with Gasteiger partial charge in [0.25, 0.3) is 0 Å². The van der Waals surface area contributed by atoms with E-state index in [1.54, 1.807) is 0 Å². The summed E-state index contributed by atoms with van der Waals surface area (Å²) in [4.78, 5) is 36.6. The van der Waals surface area contributed by atoms with Crippen molar-refractivity contribution in [3.05, 3.63) is 0 Å². The molecule has 4 saturated carbocycles. The van der Waals surface area contributed by atoms with Crippen LogP contribution in [0.1, 0.15) is 51.4 Å². The fourth-order valence-corrected chi connectivity index (χ4v) is 5.50. The highest BCUT2D eigenvalue weighted by atomic mass is 16.2. The number of imide groups is 1. The molecule has 3 amide bonds. The Morgan fingerprint density at radius 1 is 0.955 bits per heavy atom. The van der Waals surface area contributed by atoms with Gasteiger partial charge in [0.1, 0.15) is 0 Å². The second-order valence-electron chi connectivity index (χ2n) is 7.71. The van der Waals surface area contributed by atoms with Crippen LogP contribution in [0.25, 0.3) is 0 Å². The molecule has 0 unspecified atom stereocenters. The van der Waals surface area contributed by atoms with Crippen LogP contribution in [-0.2, 0) is 14.4 Å². The second-order valence-corrected chi connectivity index (χ2v) is 7.71. The number of likely N-dealkylation sites (tertiary alicyclic amines) is 1. The van der Waals surface area contributed by atoms with Gasteiger partial charge in [-0.3, -0.25) is 19.3 Å². The van der Waals surface area contributed by atoms with Crippen LogP contribution < -0.4 is 5.32 Å². The number of amides is 3. The molecule has 120 valence electrons. The maximum absolute atomic E-state index is 12.2. The summed E-state index contributed by atoms with van der Waals surface area (Å²) >= 11 is 0. The van der Waals surface area contributed by atoms with Crippen molar-refractivity contribution in [2.45, 2.75) is 57.4 Å². The summed E-state index contributed by atoms with van der Waals surface area (Å²) in [6.07, 6.45) is 7.38. The van der Waals surface area contributed by atoms with Crippen molar-refractivity contribution in [3.63, 3.8) is 0 Å². The molecule has 1 saturated heterocycles. The number of carbonyl (C=O) groups excluding carboxylic acids is 3. The lowest BCUT2D eigenvalue weighted by Crippen LogP contribution is -2.56. The van der Waals surface area contributed by atoms with Gasteiger partial charge >= 0.3 is 0 Å². The topological polar surface area (TPSA) is 66.5 Å². The summed E-state index contributed by atoms with van der Waals surface area (Å²) < 4.78 is 0. The van der Waals surface area contributed by atoms with Crippen LogP contribution in [0, 0.1) is 23.7 Å². The van der Waals surface area contributed by atoms with Gasteiger partial charge in [-0.25, -0.2) is 0 Å². The third kappa shape index (κ3) is 2.44. The van der Waals surface area contributed by atoms with Gasteiger partial charge in [-0.15, -0.1) is 0 Å². The third-order valence-electron chi connectivity index (χ3n) is 6.27. The first-order valence-electron chi connectivity index (χ1n) is 8.72. The first-order valence-corrected chi connectivity index (χ1v) is 8.72. The van der Waals surface area contributed by atoms with Crippen molar-refractivity contribution < 1.29 is 14.4 Å². The first-order chi connectivity index (χ1) is 10.6. The Morgan fingerprint density at radius 2 is 1.50 bits per heavy atom. The van der Waals surface area contributed by atoms with E-state index in [0.717, 1.165) is 11.8 Å². The van der Waals surface area contributed by atoms with E-state index in [1.165, 1.54) is 37.0 Å². The highest BCUT2D eigenvalue weighted by molar-refractivity contribution is 6.02. The molecule has 1 aliphatic heterocycles. The van der Waals surface area contributed by atoms with Crippen LogP contribution in [0.5, 0.6) is 0 Å². The van der Waals surface area contributed by atoms with Gasteiger partial charge in [0.15, 0.2) is 0 Å². The van der Waals surface area contributed by atoms with Gasteiger partial charge in [-0.05, 0) is 55.8 Å². The first kappa shape index (κ1) is 14.2. The number of carbonyl (C=O) groups is 3. The molecule has 22 heavy (non-hydrogen) atoms. The molecular weight excluding hydrogens is 280 g/mol. The lowest BCUT2D eigenvalue weighted by molar-refractivity contribution is -0.138. The Hall–Kier alpha value is -1.39. The average molecular weight is 304 g/mol. The van der Waals surface area contributed by atoms with Gasteiger partial charge in [-0.1, -0.05) is 0 Å². The molecule has 4 bridgehead atoms. The molecule has 5 rings (SSSR count). The maximum Gasteiger partial charge on any atom is 0.229 e. The quantitative estimate of drug-likeness (QED) is 0.800. The SMILES string of the molecule is O=C(CCN1C(=O)CCC1=O)NC1C2CC3CC(C2)CC1C3. The molecule has 5 fully saturated rings. The third-order valence-corrected chi connectivity index (χ3v) is 6.27. The summed E-state index contributed by atoms with van der Waals surface area (Å²) in [5.74, 6) is 2.86. The predicted molar refractivity (Wildman–Crippen MR) is 79.5 cm³/mol.